The Labute approximate surface area is 134 Å². The standard InChI is InChI=1S/C14H20BrNO4S/c1-9-6-7-12(11(15)8-9)21(18,19)16-10(2)13(17)20-14(3,4)5/h6-8,10,16H,1-5H3/t10-/m1/s1. The van der Waals surface area contributed by atoms with E-state index in [2.05, 4.69) is 20.7 Å². The van der Waals surface area contributed by atoms with E-state index >= 15 is 0 Å². The molecule has 7 heteroatoms. The quantitative estimate of drug-likeness (QED) is 0.818. The number of benzene rings is 1. The number of esters is 1. The first-order valence-corrected chi connectivity index (χ1v) is 8.71. The van der Waals surface area contributed by atoms with E-state index in [1.54, 1.807) is 32.9 Å². The van der Waals surface area contributed by atoms with Crippen molar-refractivity contribution >= 4 is 31.9 Å². The van der Waals surface area contributed by atoms with Gasteiger partial charge in [-0.3, -0.25) is 4.79 Å². The number of sulfonamides is 1. The van der Waals surface area contributed by atoms with Gasteiger partial charge in [-0.15, -0.1) is 0 Å². The molecule has 118 valence electrons. The molecule has 0 heterocycles. The van der Waals surface area contributed by atoms with Gasteiger partial charge < -0.3 is 4.74 Å². The van der Waals surface area contributed by atoms with Gasteiger partial charge in [-0.1, -0.05) is 6.07 Å². The van der Waals surface area contributed by atoms with Gasteiger partial charge in [-0.2, -0.15) is 4.72 Å². The first-order valence-electron chi connectivity index (χ1n) is 6.44. The molecule has 0 saturated heterocycles. The summed E-state index contributed by atoms with van der Waals surface area (Å²) in [5.74, 6) is -0.616. The van der Waals surface area contributed by atoms with Crippen LogP contribution in [0.1, 0.15) is 33.3 Å². The molecule has 1 rings (SSSR count). The van der Waals surface area contributed by atoms with Crippen molar-refractivity contribution in [3.8, 4) is 0 Å². The van der Waals surface area contributed by atoms with E-state index in [1.807, 2.05) is 6.92 Å². The zero-order valence-corrected chi connectivity index (χ0v) is 15.1. The predicted octanol–water partition coefficient (Wildman–Crippen LogP) is 2.77. The van der Waals surface area contributed by atoms with Crippen LogP contribution in [0.2, 0.25) is 0 Å². The normalized spacial score (nSPS) is 13.8. The van der Waals surface area contributed by atoms with Crippen molar-refractivity contribution in [2.24, 2.45) is 0 Å². The van der Waals surface area contributed by atoms with Gasteiger partial charge in [0, 0.05) is 4.47 Å². The smallest absolute Gasteiger partial charge is 0.324 e. The van der Waals surface area contributed by atoms with Gasteiger partial charge in [0.15, 0.2) is 0 Å². The van der Waals surface area contributed by atoms with Crippen LogP contribution in [0.25, 0.3) is 0 Å². The number of hydrogen-bond acceptors (Lipinski definition) is 4. The summed E-state index contributed by atoms with van der Waals surface area (Å²) in [4.78, 5) is 11.9. The highest BCUT2D eigenvalue weighted by atomic mass is 79.9. The van der Waals surface area contributed by atoms with Crippen LogP contribution in [0.4, 0.5) is 0 Å². The number of ether oxygens (including phenoxy) is 1. The number of hydrogen-bond donors (Lipinski definition) is 1. The van der Waals surface area contributed by atoms with Crippen molar-refractivity contribution < 1.29 is 17.9 Å². The number of nitrogens with one attached hydrogen (secondary N) is 1. The summed E-state index contributed by atoms with van der Waals surface area (Å²) in [6.45, 7) is 8.49. The van der Waals surface area contributed by atoms with Gasteiger partial charge in [0.25, 0.3) is 0 Å². The third-order valence-electron chi connectivity index (χ3n) is 2.47. The fourth-order valence-electron chi connectivity index (χ4n) is 1.56. The van der Waals surface area contributed by atoms with Crippen molar-refractivity contribution in [1.82, 2.24) is 4.72 Å². The Morgan fingerprint density at radius 2 is 1.90 bits per heavy atom. The van der Waals surface area contributed by atoms with Crippen LogP contribution < -0.4 is 4.72 Å². The van der Waals surface area contributed by atoms with Gasteiger partial charge in [0.2, 0.25) is 10.0 Å². The summed E-state index contributed by atoms with van der Waals surface area (Å²) in [6, 6.07) is 3.91. The lowest BCUT2D eigenvalue weighted by molar-refractivity contribution is -0.156. The molecule has 1 aromatic carbocycles. The molecule has 0 fully saturated rings. The van der Waals surface area contributed by atoms with Crippen LogP contribution in [0.15, 0.2) is 27.6 Å². The van der Waals surface area contributed by atoms with Crippen molar-refractivity contribution in [2.45, 2.75) is 51.2 Å². The SMILES string of the molecule is Cc1ccc(S(=O)(=O)N[C@H](C)C(=O)OC(C)(C)C)c(Br)c1. The second-order valence-electron chi connectivity index (χ2n) is 5.81. The average molecular weight is 378 g/mol. The van der Waals surface area contributed by atoms with Crippen molar-refractivity contribution in [1.29, 1.82) is 0 Å². The fourth-order valence-corrected chi connectivity index (χ4v) is 3.94. The van der Waals surface area contributed by atoms with Crippen molar-refractivity contribution in [3.05, 3.63) is 28.2 Å². The molecule has 0 amide bonds. The van der Waals surface area contributed by atoms with E-state index in [0.29, 0.717) is 4.47 Å². The molecule has 0 saturated carbocycles. The number of rotatable bonds is 4. The molecule has 1 atom stereocenters. The summed E-state index contributed by atoms with van der Waals surface area (Å²) in [5.41, 5.74) is 0.266. The second kappa shape index (κ2) is 6.46. The molecular weight excluding hydrogens is 358 g/mol. The average Bonchev–Trinajstić information content (AvgIpc) is 2.24. The van der Waals surface area contributed by atoms with E-state index in [4.69, 9.17) is 4.74 Å². The predicted molar refractivity (Wildman–Crippen MR) is 84.5 cm³/mol. The highest BCUT2D eigenvalue weighted by molar-refractivity contribution is 9.10. The minimum atomic E-state index is -3.81. The summed E-state index contributed by atoms with van der Waals surface area (Å²) in [6.07, 6.45) is 0. The first-order chi connectivity index (χ1) is 9.42. The maximum atomic E-state index is 12.3. The third-order valence-corrected chi connectivity index (χ3v) is 4.99. The lowest BCUT2D eigenvalue weighted by Crippen LogP contribution is -2.42. The third kappa shape index (κ3) is 5.41. The molecule has 5 nitrogen and oxygen atoms in total. The summed E-state index contributed by atoms with van der Waals surface area (Å²) >= 11 is 3.22. The topological polar surface area (TPSA) is 72.5 Å². The molecule has 1 aromatic rings. The molecule has 0 aliphatic rings. The van der Waals surface area contributed by atoms with Gasteiger partial charge in [-0.05, 0) is 68.2 Å². The molecule has 0 aromatic heterocycles. The molecule has 0 aliphatic heterocycles. The number of carbonyl (C=O) groups is 1. The van der Waals surface area contributed by atoms with E-state index in [9.17, 15) is 13.2 Å². The summed E-state index contributed by atoms with van der Waals surface area (Å²) in [7, 11) is -3.81. The maximum absolute atomic E-state index is 12.3. The molecular formula is C14H20BrNO4S. The van der Waals surface area contributed by atoms with Gasteiger partial charge >= 0.3 is 5.97 Å². The first kappa shape index (κ1) is 18.1. The van der Waals surface area contributed by atoms with Crippen LogP contribution in [0.3, 0.4) is 0 Å². The van der Waals surface area contributed by atoms with E-state index in [-0.39, 0.29) is 4.90 Å². The monoisotopic (exact) mass is 377 g/mol. The minimum absolute atomic E-state index is 0.0866. The van der Waals surface area contributed by atoms with Crippen molar-refractivity contribution in [2.75, 3.05) is 0 Å². The highest BCUT2D eigenvalue weighted by Gasteiger charge is 2.27. The zero-order valence-electron chi connectivity index (χ0n) is 12.7. The molecule has 1 N–H and O–H groups in total. The molecule has 0 radical (unpaired) electrons. The lowest BCUT2D eigenvalue weighted by Gasteiger charge is -2.22. The second-order valence-corrected chi connectivity index (χ2v) is 8.35. The number of aryl methyl sites for hydroxylation is 1. The molecule has 21 heavy (non-hydrogen) atoms. The minimum Gasteiger partial charge on any atom is -0.459 e. The Hall–Kier alpha value is -0.920. The van der Waals surface area contributed by atoms with Crippen LogP contribution in [-0.2, 0) is 19.6 Å². The fraction of sp³-hybridized carbons (Fsp3) is 0.500. The van der Waals surface area contributed by atoms with Crippen LogP contribution >= 0.6 is 15.9 Å². The molecule has 0 aliphatic carbocycles. The van der Waals surface area contributed by atoms with Gasteiger partial charge in [0.1, 0.15) is 11.6 Å². The Balaban J connectivity index is 2.92. The largest absolute Gasteiger partial charge is 0.459 e. The van der Waals surface area contributed by atoms with Crippen LogP contribution in [0.5, 0.6) is 0 Å². The summed E-state index contributed by atoms with van der Waals surface area (Å²) in [5, 5.41) is 0. The van der Waals surface area contributed by atoms with E-state index in [0.717, 1.165) is 5.56 Å². The Bertz CT molecular complexity index is 635. The zero-order chi connectivity index (χ0) is 16.4. The van der Waals surface area contributed by atoms with Gasteiger partial charge in [-0.25, -0.2) is 8.42 Å². The Kier molecular flexibility index (Phi) is 5.57. The van der Waals surface area contributed by atoms with E-state index < -0.39 is 27.6 Å². The Morgan fingerprint density at radius 3 is 2.38 bits per heavy atom. The molecule has 0 unspecified atom stereocenters. The maximum Gasteiger partial charge on any atom is 0.324 e. The van der Waals surface area contributed by atoms with Gasteiger partial charge in [0.05, 0.1) is 4.90 Å². The van der Waals surface area contributed by atoms with E-state index in [1.165, 1.54) is 13.0 Å². The molecule has 0 bridgehead atoms. The summed E-state index contributed by atoms with van der Waals surface area (Å²) < 4.78 is 32.5. The van der Waals surface area contributed by atoms with Crippen LogP contribution in [0, 0.1) is 6.92 Å². The lowest BCUT2D eigenvalue weighted by atomic mass is 10.2. The number of halogens is 1. The van der Waals surface area contributed by atoms with Crippen molar-refractivity contribution in [3.63, 3.8) is 0 Å². The Morgan fingerprint density at radius 1 is 1.33 bits per heavy atom. The highest BCUT2D eigenvalue weighted by Crippen LogP contribution is 2.23. The number of carbonyl (C=O) groups excluding carboxylic acids is 1. The van der Waals surface area contributed by atoms with Crippen LogP contribution in [-0.4, -0.2) is 26.0 Å². The molecule has 0 spiro atoms.